The zero-order valence-electron chi connectivity index (χ0n) is 16.6. The molecule has 1 aromatic carbocycles. The van der Waals surface area contributed by atoms with Gasteiger partial charge in [-0.1, -0.05) is 12.1 Å². The van der Waals surface area contributed by atoms with Crippen LogP contribution in [0, 0.1) is 6.92 Å². The molecule has 0 spiro atoms. The monoisotopic (exact) mass is 411 g/mol. The summed E-state index contributed by atoms with van der Waals surface area (Å²) >= 11 is 1.57. The molecule has 29 heavy (non-hydrogen) atoms. The Balaban J connectivity index is 1.18. The summed E-state index contributed by atoms with van der Waals surface area (Å²) in [6.07, 6.45) is 1.75. The number of aromatic nitrogens is 2. The van der Waals surface area contributed by atoms with Gasteiger partial charge < -0.3 is 14.2 Å². The van der Waals surface area contributed by atoms with Gasteiger partial charge in [-0.3, -0.25) is 9.69 Å². The molecule has 152 valence electrons. The first-order valence-electron chi connectivity index (χ1n) is 10.3. The highest BCUT2D eigenvalue weighted by atomic mass is 32.1. The van der Waals surface area contributed by atoms with Crippen molar-refractivity contribution in [1.29, 1.82) is 0 Å². The van der Waals surface area contributed by atoms with Gasteiger partial charge in [0.1, 0.15) is 5.82 Å². The van der Waals surface area contributed by atoms with E-state index in [0.29, 0.717) is 11.7 Å². The second kappa shape index (κ2) is 7.76. The van der Waals surface area contributed by atoms with Crippen LogP contribution >= 0.6 is 11.5 Å². The third-order valence-corrected chi connectivity index (χ3v) is 6.66. The Morgan fingerprint density at radius 2 is 1.93 bits per heavy atom. The van der Waals surface area contributed by atoms with Crippen LogP contribution in [-0.4, -0.2) is 70.9 Å². The van der Waals surface area contributed by atoms with E-state index in [1.807, 2.05) is 4.90 Å². The Morgan fingerprint density at radius 3 is 2.79 bits per heavy atom. The molecular weight excluding hydrogens is 386 g/mol. The molecule has 1 saturated heterocycles. The van der Waals surface area contributed by atoms with E-state index in [1.165, 1.54) is 10.1 Å². The largest absolute Gasteiger partial charge is 0.436 e. The molecule has 0 N–H and O–H groups in total. The summed E-state index contributed by atoms with van der Waals surface area (Å²) in [5.74, 6) is 2.13. The van der Waals surface area contributed by atoms with Crippen LogP contribution < -0.4 is 4.90 Å². The van der Waals surface area contributed by atoms with Crippen molar-refractivity contribution in [2.24, 2.45) is 0 Å². The van der Waals surface area contributed by atoms with Gasteiger partial charge in [0.2, 0.25) is 5.76 Å². The van der Waals surface area contributed by atoms with Crippen LogP contribution in [0.5, 0.6) is 0 Å². The molecule has 0 bridgehead atoms. The van der Waals surface area contributed by atoms with E-state index in [0.717, 1.165) is 70.2 Å². The van der Waals surface area contributed by atoms with E-state index in [9.17, 15) is 4.79 Å². The molecule has 0 radical (unpaired) electrons. The number of carbonyl (C=O) groups is 1. The smallest absolute Gasteiger partial charge is 0.291 e. The summed E-state index contributed by atoms with van der Waals surface area (Å²) in [5, 5.41) is 1.25. The molecule has 1 amide bonds. The van der Waals surface area contributed by atoms with Crippen LogP contribution in [0.2, 0.25) is 0 Å². The lowest BCUT2D eigenvalue weighted by molar-refractivity contribution is 0.0706. The van der Waals surface area contributed by atoms with Crippen molar-refractivity contribution < 1.29 is 9.21 Å². The van der Waals surface area contributed by atoms with Crippen molar-refractivity contribution in [1.82, 2.24) is 19.2 Å². The number of hydrogen-bond acceptors (Lipinski definition) is 7. The topological polar surface area (TPSA) is 65.7 Å². The number of carbonyl (C=O) groups excluding carboxylic acids is 1. The first-order chi connectivity index (χ1) is 14.2. The third kappa shape index (κ3) is 3.62. The first kappa shape index (κ1) is 18.6. The van der Waals surface area contributed by atoms with Crippen molar-refractivity contribution in [2.45, 2.75) is 19.8 Å². The second-order valence-corrected chi connectivity index (χ2v) is 8.54. The maximum absolute atomic E-state index is 12.8. The number of nitrogens with zero attached hydrogens (tertiary/aromatic N) is 5. The maximum Gasteiger partial charge on any atom is 0.291 e. The molecule has 3 aromatic rings. The Morgan fingerprint density at radius 1 is 1.10 bits per heavy atom. The highest BCUT2D eigenvalue weighted by molar-refractivity contribution is 7.13. The lowest BCUT2D eigenvalue weighted by atomic mass is 10.2. The molecule has 0 aliphatic carbocycles. The first-order valence-corrected chi connectivity index (χ1v) is 11.0. The minimum atomic E-state index is -0.00863. The summed E-state index contributed by atoms with van der Waals surface area (Å²) in [6, 6.07) is 8.43. The van der Waals surface area contributed by atoms with Gasteiger partial charge in [0.25, 0.3) is 5.91 Å². The number of rotatable bonds is 4. The number of aryl methyl sites for hydroxylation is 2. The van der Waals surface area contributed by atoms with E-state index in [-0.39, 0.29) is 5.91 Å². The van der Waals surface area contributed by atoms with Crippen molar-refractivity contribution in [3.8, 4) is 0 Å². The van der Waals surface area contributed by atoms with Crippen molar-refractivity contribution in [3.63, 3.8) is 0 Å². The predicted molar refractivity (Wildman–Crippen MR) is 114 cm³/mol. The Labute approximate surface area is 174 Å². The predicted octanol–water partition coefficient (Wildman–Crippen LogP) is 2.80. The van der Waals surface area contributed by atoms with E-state index >= 15 is 0 Å². The second-order valence-electron chi connectivity index (χ2n) is 7.74. The zero-order valence-corrected chi connectivity index (χ0v) is 17.5. The van der Waals surface area contributed by atoms with E-state index in [4.69, 9.17) is 4.42 Å². The molecule has 2 aromatic heterocycles. The van der Waals surface area contributed by atoms with E-state index in [2.05, 4.69) is 43.4 Å². The fourth-order valence-electron chi connectivity index (χ4n) is 4.25. The Hall–Kier alpha value is -2.45. The van der Waals surface area contributed by atoms with Gasteiger partial charge in [0.05, 0.1) is 10.4 Å². The molecule has 2 aliphatic rings. The van der Waals surface area contributed by atoms with Crippen molar-refractivity contribution in [3.05, 3.63) is 41.6 Å². The van der Waals surface area contributed by atoms with Gasteiger partial charge in [-0.2, -0.15) is 4.37 Å². The van der Waals surface area contributed by atoms with Crippen molar-refractivity contribution >= 4 is 33.3 Å². The van der Waals surface area contributed by atoms with E-state index in [1.54, 1.807) is 18.5 Å². The lowest BCUT2D eigenvalue weighted by Gasteiger charge is -2.36. The number of hydrogen-bond donors (Lipinski definition) is 0. The van der Waals surface area contributed by atoms with Crippen LogP contribution in [0.25, 0.3) is 10.1 Å². The SMILES string of the molecule is Cc1nc2c(o1)C(=O)N(CCN1CCN(c3nsc4ccccc34)CC1)CCC2. The third-order valence-electron chi connectivity index (χ3n) is 5.84. The number of oxazole rings is 1. The summed E-state index contributed by atoms with van der Waals surface area (Å²) in [4.78, 5) is 23.9. The summed E-state index contributed by atoms with van der Waals surface area (Å²) in [6.45, 7) is 8.10. The fraction of sp³-hybridized carbons (Fsp3) is 0.476. The lowest BCUT2D eigenvalue weighted by Crippen LogP contribution is -2.49. The summed E-state index contributed by atoms with van der Waals surface area (Å²) < 4.78 is 11.5. The molecule has 0 saturated carbocycles. The average Bonchev–Trinajstić information content (AvgIpc) is 3.30. The quantitative estimate of drug-likeness (QED) is 0.658. The van der Waals surface area contributed by atoms with Crippen LogP contribution in [0.4, 0.5) is 5.82 Å². The van der Waals surface area contributed by atoms with Gasteiger partial charge >= 0.3 is 0 Å². The number of amides is 1. The highest BCUT2D eigenvalue weighted by Gasteiger charge is 2.28. The van der Waals surface area contributed by atoms with E-state index < -0.39 is 0 Å². The molecular formula is C21H25N5O2S. The van der Waals surface area contributed by atoms with Gasteiger partial charge in [-0.25, -0.2) is 4.98 Å². The number of fused-ring (bicyclic) bond motifs is 2. The molecule has 4 heterocycles. The number of benzene rings is 1. The average molecular weight is 412 g/mol. The zero-order chi connectivity index (χ0) is 19.8. The van der Waals surface area contributed by atoms with Crippen LogP contribution in [-0.2, 0) is 6.42 Å². The summed E-state index contributed by atoms with van der Waals surface area (Å²) in [7, 11) is 0. The molecule has 8 heteroatoms. The Kier molecular flexibility index (Phi) is 4.97. The molecule has 5 rings (SSSR count). The molecule has 7 nitrogen and oxygen atoms in total. The van der Waals surface area contributed by atoms with Gasteiger partial charge in [0.15, 0.2) is 5.89 Å². The molecule has 0 unspecified atom stereocenters. The van der Waals surface area contributed by atoms with Crippen molar-refractivity contribution in [2.75, 3.05) is 50.7 Å². The van der Waals surface area contributed by atoms with Gasteiger partial charge in [-0.15, -0.1) is 0 Å². The molecule has 1 fully saturated rings. The number of anilines is 1. The minimum absolute atomic E-state index is 0.00863. The van der Waals surface area contributed by atoms with Crippen LogP contribution in [0.1, 0.15) is 28.6 Å². The normalized spacial score (nSPS) is 18.3. The van der Waals surface area contributed by atoms with Gasteiger partial charge in [-0.05, 0) is 36.5 Å². The summed E-state index contributed by atoms with van der Waals surface area (Å²) in [5.41, 5.74) is 0.819. The van der Waals surface area contributed by atoms with Crippen LogP contribution in [0.3, 0.4) is 0 Å². The fourth-order valence-corrected chi connectivity index (χ4v) is 5.04. The highest BCUT2D eigenvalue weighted by Crippen LogP contribution is 2.29. The molecule has 0 atom stereocenters. The number of piperazine rings is 1. The maximum atomic E-state index is 12.8. The van der Waals surface area contributed by atoms with Crippen LogP contribution in [0.15, 0.2) is 28.7 Å². The van der Waals surface area contributed by atoms with Gasteiger partial charge in [0, 0.05) is 58.1 Å². The minimum Gasteiger partial charge on any atom is -0.436 e. The Bertz CT molecular complexity index is 1020. The standard InChI is InChI=1S/C21H25N5O2S/c1-15-22-17-6-4-8-26(21(27)19(17)28-15)14-11-24-9-12-25(13-10-24)20-16-5-2-3-7-18(16)29-23-20/h2-3,5,7H,4,6,8-14H2,1H3. The molecule has 2 aliphatic heterocycles.